The van der Waals surface area contributed by atoms with E-state index in [2.05, 4.69) is 18.5 Å². The minimum absolute atomic E-state index is 0.0815. The second-order valence-electron chi connectivity index (χ2n) is 3.52. The zero-order chi connectivity index (χ0) is 13.7. The molecule has 0 amide bonds. The Kier molecular flexibility index (Phi) is 10.5. The van der Waals surface area contributed by atoms with Crippen LogP contribution in [0.5, 0.6) is 0 Å². The standard InChI is InChI=1S/C12H20NO4P/c1-3-5-6-10-17-18(15,16-9-4-2)11-7-8-13-12-14/h4,7-8H,2-3,5-6,9-11H2,1H3. The van der Waals surface area contributed by atoms with Crippen molar-refractivity contribution in [2.75, 3.05) is 19.4 Å². The molecule has 0 aromatic heterocycles. The Bertz CT molecular complexity index is 348. The van der Waals surface area contributed by atoms with Gasteiger partial charge >= 0.3 is 7.60 Å². The molecule has 0 aliphatic heterocycles. The fraction of sp³-hybridized carbons (Fsp3) is 0.583. The monoisotopic (exact) mass is 273 g/mol. The Morgan fingerprint density at radius 2 is 2.17 bits per heavy atom. The Morgan fingerprint density at radius 3 is 2.78 bits per heavy atom. The Labute approximate surface area is 108 Å². The van der Waals surface area contributed by atoms with E-state index >= 15 is 0 Å². The largest absolute Gasteiger partial charge is 0.334 e. The molecule has 1 unspecified atom stereocenters. The summed E-state index contributed by atoms with van der Waals surface area (Å²) in [6.07, 6.45) is 8.57. The molecule has 0 radical (unpaired) electrons. The van der Waals surface area contributed by atoms with Gasteiger partial charge in [0.15, 0.2) is 0 Å². The smallest absolute Gasteiger partial charge is 0.308 e. The first-order valence-corrected chi connectivity index (χ1v) is 7.62. The molecule has 0 aliphatic carbocycles. The average Bonchev–Trinajstić information content (AvgIpc) is 2.38. The second-order valence-corrected chi connectivity index (χ2v) is 5.63. The lowest BCUT2D eigenvalue weighted by Gasteiger charge is -2.16. The first kappa shape index (κ1) is 17.0. The van der Waals surface area contributed by atoms with E-state index in [0.717, 1.165) is 19.3 Å². The third-order valence-corrected chi connectivity index (χ3v) is 3.76. The van der Waals surface area contributed by atoms with Gasteiger partial charge in [-0.3, -0.25) is 4.57 Å². The van der Waals surface area contributed by atoms with Crippen molar-refractivity contribution >= 4 is 13.7 Å². The first-order valence-electron chi connectivity index (χ1n) is 5.89. The lowest BCUT2D eigenvalue weighted by atomic mass is 10.3. The van der Waals surface area contributed by atoms with E-state index in [4.69, 9.17) is 9.05 Å². The summed E-state index contributed by atoms with van der Waals surface area (Å²) in [6, 6.07) is 0. The van der Waals surface area contributed by atoms with Crippen LogP contribution in [-0.2, 0) is 18.4 Å². The molecule has 1 atom stereocenters. The van der Waals surface area contributed by atoms with Crippen LogP contribution < -0.4 is 0 Å². The number of allylic oxidation sites excluding steroid dienone is 1. The molecular formula is C12H20NO4P. The molecule has 0 aliphatic rings. The van der Waals surface area contributed by atoms with Gasteiger partial charge in [0, 0.05) is 6.20 Å². The minimum Gasteiger partial charge on any atom is -0.308 e. The highest BCUT2D eigenvalue weighted by atomic mass is 31.2. The average molecular weight is 273 g/mol. The topological polar surface area (TPSA) is 65.0 Å². The zero-order valence-electron chi connectivity index (χ0n) is 10.7. The van der Waals surface area contributed by atoms with Gasteiger partial charge in [0.05, 0.1) is 19.4 Å². The molecule has 0 aromatic rings. The summed E-state index contributed by atoms with van der Waals surface area (Å²) in [7, 11) is -3.16. The number of nitrogens with zero attached hydrogens (tertiary/aromatic N) is 1. The summed E-state index contributed by atoms with van der Waals surface area (Å²) < 4.78 is 22.7. The van der Waals surface area contributed by atoms with Crippen molar-refractivity contribution in [3.8, 4) is 0 Å². The Balaban J connectivity index is 4.27. The summed E-state index contributed by atoms with van der Waals surface area (Å²) in [5, 5.41) is 0. The van der Waals surface area contributed by atoms with Gasteiger partial charge in [0.2, 0.25) is 6.08 Å². The normalized spacial score (nSPS) is 14.1. The van der Waals surface area contributed by atoms with E-state index in [1.807, 2.05) is 0 Å². The summed E-state index contributed by atoms with van der Waals surface area (Å²) in [4.78, 5) is 13.1. The molecule has 0 bridgehead atoms. The first-order chi connectivity index (χ1) is 8.68. The van der Waals surface area contributed by atoms with Gasteiger partial charge in [-0.2, -0.15) is 4.99 Å². The van der Waals surface area contributed by atoms with Crippen LogP contribution in [0.15, 0.2) is 29.9 Å². The van der Waals surface area contributed by atoms with Crippen molar-refractivity contribution in [1.82, 2.24) is 0 Å². The second kappa shape index (κ2) is 11.1. The Hall–Kier alpha value is -0.990. The third-order valence-electron chi connectivity index (χ3n) is 1.99. The summed E-state index contributed by atoms with van der Waals surface area (Å²) in [5.74, 6) is 0. The zero-order valence-corrected chi connectivity index (χ0v) is 11.6. The molecule has 0 fully saturated rings. The van der Waals surface area contributed by atoms with E-state index in [0.29, 0.717) is 6.61 Å². The maximum absolute atomic E-state index is 12.2. The molecular weight excluding hydrogens is 253 g/mol. The summed E-state index contributed by atoms with van der Waals surface area (Å²) >= 11 is 0. The number of unbranched alkanes of at least 4 members (excludes halogenated alkanes) is 2. The van der Waals surface area contributed by atoms with E-state index in [1.54, 1.807) is 0 Å². The van der Waals surface area contributed by atoms with Crippen molar-refractivity contribution in [3.05, 3.63) is 24.9 Å². The SMILES string of the molecule is C=CCOP(=O)(CC=CN=C=O)OCCCCC. The highest BCUT2D eigenvalue weighted by Gasteiger charge is 2.22. The molecule has 0 saturated heterocycles. The number of carbonyl (C=O) groups excluding carboxylic acids is 1. The highest BCUT2D eigenvalue weighted by Crippen LogP contribution is 2.48. The number of aliphatic imine (C=N–C) groups is 1. The van der Waals surface area contributed by atoms with Crippen LogP contribution in [0.4, 0.5) is 0 Å². The lowest BCUT2D eigenvalue weighted by Crippen LogP contribution is -2.00. The van der Waals surface area contributed by atoms with Gasteiger partial charge in [-0.1, -0.05) is 31.9 Å². The van der Waals surface area contributed by atoms with Crippen molar-refractivity contribution < 1.29 is 18.4 Å². The number of hydrogen-bond acceptors (Lipinski definition) is 5. The maximum Gasteiger partial charge on any atom is 0.334 e. The summed E-state index contributed by atoms with van der Waals surface area (Å²) in [6.45, 7) is 6.13. The molecule has 18 heavy (non-hydrogen) atoms. The van der Waals surface area contributed by atoms with E-state index in [9.17, 15) is 9.36 Å². The van der Waals surface area contributed by atoms with Gasteiger partial charge in [-0.25, -0.2) is 4.79 Å². The van der Waals surface area contributed by atoms with E-state index in [1.165, 1.54) is 24.4 Å². The van der Waals surface area contributed by atoms with E-state index < -0.39 is 7.60 Å². The van der Waals surface area contributed by atoms with Crippen LogP contribution in [0.3, 0.4) is 0 Å². The molecule has 0 heterocycles. The van der Waals surface area contributed by atoms with Gasteiger partial charge < -0.3 is 9.05 Å². The van der Waals surface area contributed by atoms with Crippen LogP contribution in [0.1, 0.15) is 26.2 Å². The fourth-order valence-corrected chi connectivity index (χ4v) is 2.50. The van der Waals surface area contributed by atoms with Crippen molar-refractivity contribution in [2.45, 2.75) is 26.2 Å². The quantitative estimate of drug-likeness (QED) is 0.190. The number of isocyanates is 1. The Morgan fingerprint density at radius 1 is 1.39 bits per heavy atom. The minimum atomic E-state index is -3.16. The van der Waals surface area contributed by atoms with Crippen molar-refractivity contribution in [3.63, 3.8) is 0 Å². The van der Waals surface area contributed by atoms with E-state index in [-0.39, 0.29) is 12.8 Å². The van der Waals surface area contributed by atoms with Crippen molar-refractivity contribution in [2.24, 2.45) is 4.99 Å². The molecule has 5 nitrogen and oxygen atoms in total. The number of hydrogen-bond donors (Lipinski definition) is 0. The predicted octanol–water partition coefficient (Wildman–Crippen LogP) is 3.44. The van der Waals surface area contributed by atoms with Crippen LogP contribution in [0, 0.1) is 0 Å². The third kappa shape index (κ3) is 9.08. The molecule has 6 heteroatoms. The van der Waals surface area contributed by atoms with Crippen LogP contribution >= 0.6 is 7.60 Å². The number of rotatable bonds is 11. The molecule has 102 valence electrons. The van der Waals surface area contributed by atoms with Gasteiger partial charge in [0.25, 0.3) is 0 Å². The molecule has 0 rings (SSSR count). The van der Waals surface area contributed by atoms with Crippen LogP contribution in [-0.4, -0.2) is 25.5 Å². The van der Waals surface area contributed by atoms with Gasteiger partial charge in [0.1, 0.15) is 0 Å². The maximum atomic E-state index is 12.2. The summed E-state index contributed by atoms with van der Waals surface area (Å²) in [5.41, 5.74) is 0. The van der Waals surface area contributed by atoms with Crippen molar-refractivity contribution in [1.29, 1.82) is 0 Å². The molecule has 0 spiro atoms. The molecule has 0 saturated carbocycles. The van der Waals surface area contributed by atoms with Crippen LogP contribution in [0.25, 0.3) is 0 Å². The van der Waals surface area contributed by atoms with Gasteiger partial charge in [-0.15, -0.1) is 6.58 Å². The molecule has 0 N–H and O–H groups in total. The lowest BCUT2D eigenvalue weighted by molar-refractivity contribution is 0.217. The van der Waals surface area contributed by atoms with Crippen LogP contribution in [0.2, 0.25) is 0 Å². The van der Waals surface area contributed by atoms with Gasteiger partial charge in [-0.05, 0) is 6.42 Å². The fourth-order valence-electron chi connectivity index (χ4n) is 1.12. The molecule has 0 aromatic carbocycles. The highest BCUT2D eigenvalue weighted by molar-refractivity contribution is 7.54. The predicted molar refractivity (Wildman–Crippen MR) is 71.4 cm³/mol.